The number of carbonyl (C=O) groups is 1. The summed E-state index contributed by atoms with van der Waals surface area (Å²) >= 11 is 0. The van der Waals surface area contributed by atoms with Crippen LogP contribution in [0.1, 0.15) is 14.8 Å². The Morgan fingerprint density at radius 2 is 2.44 bits per heavy atom. The van der Waals surface area contributed by atoms with Crippen molar-refractivity contribution >= 4 is 12.2 Å². The summed E-state index contributed by atoms with van der Waals surface area (Å²) in [5, 5.41) is 14.8. The maximum Gasteiger partial charge on any atom is 1.00 e. The Labute approximate surface area is 115 Å². The van der Waals surface area contributed by atoms with Gasteiger partial charge < -0.3 is 11.9 Å². The molecule has 48 valence electrons. The first kappa shape index (κ1) is 12.8. The van der Waals surface area contributed by atoms with Gasteiger partial charge in [-0.05, 0) is 6.42 Å². The molecule has 0 bridgehead atoms. The Bertz CT molecular complexity index is 110. The number of hydrogen-bond donors (Lipinski definition) is 2. The third-order valence-corrected chi connectivity index (χ3v) is 0.958. The van der Waals surface area contributed by atoms with E-state index in [-0.39, 0.29) is 70.3 Å². The largest absolute Gasteiger partial charge is 1.00 e. The van der Waals surface area contributed by atoms with E-state index in [2.05, 4.69) is 0 Å². The fourth-order valence-electron chi connectivity index (χ4n) is 0.364. The second-order valence-electron chi connectivity index (χ2n) is 1.52. The number of rotatable bonds is 3. The Morgan fingerprint density at radius 1 is 2.00 bits per heavy atom. The van der Waals surface area contributed by atoms with Gasteiger partial charge in [0.05, 0.1) is 5.92 Å². The SMILES string of the molecule is CC[C@@H](C=N)C(=O)O.[Cs+].[H-]. The van der Waals surface area contributed by atoms with Gasteiger partial charge in [-0.2, -0.15) is 0 Å². The Hall–Kier alpha value is 1.19. The van der Waals surface area contributed by atoms with Crippen LogP contribution >= 0.6 is 0 Å². The van der Waals surface area contributed by atoms with Gasteiger partial charge in [-0.3, -0.25) is 4.79 Å². The van der Waals surface area contributed by atoms with E-state index in [4.69, 9.17) is 10.5 Å². The zero-order valence-electron chi connectivity index (χ0n) is 6.72. The monoisotopic (exact) mass is 249 g/mol. The number of aliphatic carboxylic acids is 1. The molecular formula is C5H10CsNO2. The summed E-state index contributed by atoms with van der Waals surface area (Å²) in [5.74, 6) is -1.50. The summed E-state index contributed by atoms with van der Waals surface area (Å²) in [7, 11) is 0. The molecule has 0 aromatic rings. The van der Waals surface area contributed by atoms with Crippen LogP contribution in [0.5, 0.6) is 0 Å². The fraction of sp³-hybridized carbons (Fsp3) is 0.600. The molecule has 0 saturated carbocycles. The van der Waals surface area contributed by atoms with E-state index in [1.165, 1.54) is 0 Å². The predicted molar refractivity (Wildman–Crippen MR) is 31.3 cm³/mol. The summed E-state index contributed by atoms with van der Waals surface area (Å²) in [4.78, 5) is 10.0. The van der Waals surface area contributed by atoms with Gasteiger partial charge in [0.25, 0.3) is 0 Å². The van der Waals surface area contributed by atoms with Gasteiger partial charge in [-0.15, -0.1) is 0 Å². The van der Waals surface area contributed by atoms with Crippen LogP contribution in [0, 0.1) is 11.3 Å². The molecule has 0 aromatic carbocycles. The van der Waals surface area contributed by atoms with Crippen molar-refractivity contribution in [1.29, 1.82) is 5.41 Å². The van der Waals surface area contributed by atoms with Gasteiger partial charge in [0.1, 0.15) is 0 Å². The molecule has 0 aromatic heterocycles. The van der Waals surface area contributed by atoms with Crippen molar-refractivity contribution in [3.8, 4) is 0 Å². The molecule has 2 N–H and O–H groups in total. The van der Waals surface area contributed by atoms with E-state index in [1.54, 1.807) is 6.92 Å². The van der Waals surface area contributed by atoms with Crippen LogP contribution in [-0.4, -0.2) is 17.3 Å². The van der Waals surface area contributed by atoms with Crippen molar-refractivity contribution in [2.24, 2.45) is 5.92 Å². The summed E-state index contributed by atoms with van der Waals surface area (Å²) < 4.78 is 0. The van der Waals surface area contributed by atoms with Gasteiger partial charge in [0.2, 0.25) is 0 Å². The molecule has 0 rings (SSSR count). The van der Waals surface area contributed by atoms with Gasteiger partial charge >= 0.3 is 74.9 Å². The molecule has 0 spiro atoms. The fourth-order valence-corrected chi connectivity index (χ4v) is 0.364. The topological polar surface area (TPSA) is 61.2 Å². The molecule has 0 saturated heterocycles. The number of nitrogens with one attached hydrogen (secondary N) is 1. The average molecular weight is 249 g/mol. The van der Waals surface area contributed by atoms with E-state index < -0.39 is 11.9 Å². The van der Waals surface area contributed by atoms with Gasteiger partial charge in [0, 0.05) is 6.21 Å². The molecular weight excluding hydrogens is 239 g/mol. The number of hydrogen-bond acceptors (Lipinski definition) is 2. The minimum Gasteiger partial charge on any atom is -1.00 e. The predicted octanol–water partition coefficient (Wildman–Crippen LogP) is -2.14. The third-order valence-electron chi connectivity index (χ3n) is 0.958. The standard InChI is InChI=1S/C5H9NO2.Cs.H/c1-2-4(3-6)5(7)8;;/h3-4,6H,2H2,1H3,(H,7,8);;/q;+1;-1/t4-;;/m0../s1. The molecule has 0 aliphatic heterocycles. The summed E-state index contributed by atoms with van der Waals surface area (Å²) in [6.45, 7) is 1.74. The second-order valence-corrected chi connectivity index (χ2v) is 1.52. The van der Waals surface area contributed by atoms with Crippen molar-refractivity contribution in [2.75, 3.05) is 0 Å². The smallest absolute Gasteiger partial charge is 1.00 e. The summed E-state index contributed by atoms with van der Waals surface area (Å²) in [6.07, 6.45) is 1.45. The maximum atomic E-state index is 10.0. The van der Waals surface area contributed by atoms with Gasteiger partial charge in [-0.1, -0.05) is 6.92 Å². The van der Waals surface area contributed by atoms with Crippen LogP contribution in [0.25, 0.3) is 0 Å². The second kappa shape index (κ2) is 7.30. The average Bonchev–Trinajstić information content (AvgIpc) is 1.69. The Kier molecular flexibility index (Phi) is 10.4. The van der Waals surface area contributed by atoms with Crippen LogP contribution < -0.4 is 68.9 Å². The van der Waals surface area contributed by atoms with E-state index in [0.717, 1.165) is 6.21 Å². The first-order valence-corrected chi connectivity index (χ1v) is 2.45. The molecule has 1 atom stereocenters. The van der Waals surface area contributed by atoms with Crippen molar-refractivity contribution in [3.05, 3.63) is 0 Å². The maximum absolute atomic E-state index is 10.0. The Balaban J connectivity index is -0.000000245. The molecule has 0 heterocycles. The van der Waals surface area contributed by atoms with Crippen LogP contribution in [-0.2, 0) is 4.79 Å². The zero-order chi connectivity index (χ0) is 6.57. The quantitative estimate of drug-likeness (QED) is 0.561. The minimum absolute atomic E-state index is 0. The van der Waals surface area contributed by atoms with Crippen molar-refractivity contribution in [2.45, 2.75) is 13.3 Å². The van der Waals surface area contributed by atoms with E-state index in [9.17, 15) is 4.79 Å². The van der Waals surface area contributed by atoms with Gasteiger partial charge in [0.15, 0.2) is 0 Å². The molecule has 0 amide bonds. The van der Waals surface area contributed by atoms with E-state index >= 15 is 0 Å². The number of carboxylic acid groups (broad SMARTS) is 1. The molecule has 4 heteroatoms. The molecule has 0 aliphatic rings. The minimum atomic E-state index is -0.914. The van der Waals surface area contributed by atoms with E-state index in [0.29, 0.717) is 6.42 Å². The van der Waals surface area contributed by atoms with Crippen molar-refractivity contribution in [3.63, 3.8) is 0 Å². The molecule has 0 fully saturated rings. The third kappa shape index (κ3) is 5.63. The summed E-state index contributed by atoms with van der Waals surface area (Å²) in [5.41, 5.74) is 0. The van der Waals surface area contributed by atoms with Crippen LogP contribution in [0.3, 0.4) is 0 Å². The molecule has 0 aliphatic carbocycles. The van der Waals surface area contributed by atoms with E-state index in [1.807, 2.05) is 0 Å². The van der Waals surface area contributed by atoms with Crippen LogP contribution in [0.15, 0.2) is 0 Å². The molecule has 0 radical (unpaired) electrons. The molecule has 0 unspecified atom stereocenters. The Morgan fingerprint density at radius 3 is 2.44 bits per heavy atom. The molecule has 3 nitrogen and oxygen atoms in total. The van der Waals surface area contributed by atoms with Crippen molar-refractivity contribution < 1.29 is 80.2 Å². The van der Waals surface area contributed by atoms with Crippen molar-refractivity contribution in [1.82, 2.24) is 0 Å². The number of carboxylic acids is 1. The van der Waals surface area contributed by atoms with Crippen LogP contribution in [0.2, 0.25) is 0 Å². The summed E-state index contributed by atoms with van der Waals surface area (Å²) in [6, 6.07) is 0. The normalized spacial score (nSPS) is 11.2. The van der Waals surface area contributed by atoms with Crippen LogP contribution in [0.4, 0.5) is 0 Å². The first-order valence-electron chi connectivity index (χ1n) is 2.45. The van der Waals surface area contributed by atoms with Gasteiger partial charge in [-0.25, -0.2) is 0 Å². The zero-order valence-corrected chi connectivity index (χ0v) is 12.0. The molecule has 9 heavy (non-hydrogen) atoms. The first-order chi connectivity index (χ1) is 3.72.